The number of amidine groups is 1. The number of hydrogen-bond acceptors (Lipinski definition) is 10. The van der Waals surface area contributed by atoms with Crippen molar-refractivity contribution in [3.8, 4) is 0 Å². The molecule has 3 rings (SSSR count). The summed E-state index contributed by atoms with van der Waals surface area (Å²) in [7, 11) is 1.51. The molecular formula is C31H39ClN7O5W-. The van der Waals surface area contributed by atoms with Crippen LogP contribution in [0.25, 0.3) is 21.9 Å². The number of rotatable bonds is 12. The molecule has 0 fully saturated rings. The Kier molecular flexibility index (Phi) is 13.9. The van der Waals surface area contributed by atoms with Gasteiger partial charge < -0.3 is 30.7 Å². The number of nitrogens with two attached hydrogens (primary N) is 1. The van der Waals surface area contributed by atoms with Gasteiger partial charge in [-0.2, -0.15) is 5.48 Å². The van der Waals surface area contributed by atoms with E-state index in [4.69, 9.17) is 21.8 Å². The first-order chi connectivity index (χ1) is 20.8. The quantitative estimate of drug-likeness (QED) is 0.0670. The van der Waals surface area contributed by atoms with Crippen LogP contribution in [0, 0.1) is 13.8 Å². The van der Waals surface area contributed by atoms with Gasteiger partial charge in [0.2, 0.25) is 0 Å². The average Bonchev–Trinajstić information content (AvgIpc) is 2.98. The summed E-state index contributed by atoms with van der Waals surface area (Å²) >= 11 is 6.16. The number of pyridine rings is 1. The Morgan fingerprint density at radius 1 is 1.29 bits per heavy atom. The molecule has 0 saturated carbocycles. The van der Waals surface area contributed by atoms with E-state index in [1.165, 1.54) is 19.5 Å². The van der Waals surface area contributed by atoms with E-state index in [0.29, 0.717) is 45.6 Å². The number of aryl methyl sites for hydroxylation is 1. The molecule has 1 aromatic carbocycles. The van der Waals surface area contributed by atoms with Gasteiger partial charge in [0.1, 0.15) is 22.2 Å². The van der Waals surface area contributed by atoms with Gasteiger partial charge in [-0.1, -0.05) is 38.4 Å². The first-order valence-corrected chi connectivity index (χ1v) is 14.3. The molecular weight excluding hydrogens is 770 g/mol. The van der Waals surface area contributed by atoms with Gasteiger partial charge in [-0.05, 0) is 44.5 Å². The zero-order chi connectivity index (χ0) is 32.6. The molecule has 0 radical (unpaired) electrons. The predicted molar refractivity (Wildman–Crippen MR) is 175 cm³/mol. The summed E-state index contributed by atoms with van der Waals surface area (Å²) in [6.07, 6.45) is 2.81. The van der Waals surface area contributed by atoms with E-state index < -0.39 is 12.1 Å². The maximum atomic E-state index is 13.6. The summed E-state index contributed by atoms with van der Waals surface area (Å²) in [6, 6.07) is 6.12. The molecule has 0 spiro atoms. The van der Waals surface area contributed by atoms with Gasteiger partial charge in [0, 0.05) is 51.7 Å². The van der Waals surface area contributed by atoms with E-state index in [-0.39, 0.29) is 61.9 Å². The molecule has 2 unspecified atom stereocenters. The number of hydrogen-bond donors (Lipinski definition) is 4. The Hall–Kier alpha value is -3.57. The second-order valence-corrected chi connectivity index (χ2v) is 11.5. The van der Waals surface area contributed by atoms with Gasteiger partial charge in [-0.15, -0.1) is 12.1 Å². The van der Waals surface area contributed by atoms with Crippen LogP contribution in [0.3, 0.4) is 0 Å². The first-order valence-electron chi connectivity index (χ1n) is 13.9. The third kappa shape index (κ3) is 9.71. The fourth-order valence-corrected chi connectivity index (χ4v) is 4.53. The molecule has 3 aromatic rings. The summed E-state index contributed by atoms with van der Waals surface area (Å²) in [5.74, 6) is 0.432. The summed E-state index contributed by atoms with van der Waals surface area (Å²) in [4.78, 5) is 42.0. The van der Waals surface area contributed by atoms with Crippen molar-refractivity contribution < 1.29 is 40.2 Å². The van der Waals surface area contributed by atoms with E-state index in [1.807, 2.05) is 40.7 Å². The third-order valence-electron chi connectivity index (χ3n) is 6.60. The van der Waals surface area contributed by atoms with Crippen LogP contribution in [0.4, 0.5) is 5.69 Å². The molecule has 14 heteroatoms. The monoisotopic (exact) mass is 808 g/mol. The Bertz CT molecular complexity index is 1650. The second-order valence-electron chi connectivity index (χ2n) is 11.1. The second kappa shape index (κ2) is 16.7. The van der Waals surface area contributed by atoms with Crippen LogP contribution >= 0.6 is 11.6 Å². The SMILES string of the molecule is CN=C(NOC=O)c1nc(Cl)ccc1NC(C)c1cc(C)cc2c(=O)c(C)c(/C(C=NC(CO)C[N-]C(C)(C)C)=C/N)oc12.[W]. The molecule has 12 nitrogen and oxygen atoms in total. The van der Waals surface area contributed by atoms with Crippen molar-refractivity contribution in [2.75, 3.05) is 25.5 Å². The van der Waals surface area contributed by atoms with Crippen molar-refractivity contribution in [1.29, 1.82) is 0 Å². The molecule has 0 aliphatic heterocycles. The molecule has 0 aliphatic carbocycles. The minimum absolute atomic E-state index is 0. The number of aliphatic hydroxyl groups excluding tert-OH is 1. The van der Waals surface area contributed by atoms with Gasteiger partial charge in [0.25, 0.3) is 0 Å². The van der Waals surface area contributed by atoms with Gasteiger partial charge in [-0.3, -0.25) is 19.6 Å². The number of aliphatic imine (C=N–C) groups is 2. The van der Waals surface area contributed by atoms with Crippen molar-refractivity contribution in [2.45, 2.75) is 59.2 Å². The molecule has 2 aromatic heterocycles. The van der Waals surface area contributed by atoms with E-state index >= 15 is 0 Å². The number of nitrogens with one attached hydrogen (secondary N) is 2. The number of allylic oxidation sites excluding steroid dienone is 1. The van der Waals surface area contributed by atoms with Crippen LogP contribution in [0.1, 0.15) is 61.9 Å². The molecule has 5 N–H and O–H groups in total. The van der Waals surface area contributed by atoms with Gasteiger partial charge in [0.15, 0.2) is 11.3 Å². The standard InChI is InChI=1S/C31H39ClN7O5.W/c1-17-10-22(19(3)37-24-8-9-25(32)38-26(24)30(34-7)39-43-16-41)29-23(11-17)27(42)18(2)28(44-29)20(12-33)13-35-21(15-40)14-36-31(4,5)6;/h8-13,16,19,21,37,40H,14-15,33H2,1-7H3,(H,34,39);/q-1;/b20-12+,35-13?;. The van der Waals surface area contributed by atoms with E-state index in [9.17, 15) is 14.7 Å². The van der Waals surface area contributed by atoms with Crippen LogP contribution < -0.4 is 22.0 Å². The molecule has 0 saturated heterocycles. The number of aliphatic hydroxyl groups is 1. The molecule has 2 heterocycles. The smallest absolute Gasteiger partial charge is 0.320 e. The number of nitrogens with zero attached hydrogens (tertiary/aromatic N) is 4. The average molecular weight is 809 g/mol. The van der Waals surface area contributed by atoms with Crippen LogP contribution in [0.15, 0.2) is 49.7 Å². The maximum Gasteiger partial charge on any atom is 0.320 e. The number of aromatic nitrogens is 1. The normalized spacial score (nSPS) is 13.8. The van der Waals surface area contributed by atoms with E-state index in [1.54, 1.807) is 25.1 Å². The molecule has 2 atom stereocenters. The van der Waals surface area contributed by atoms with Crippen molar-refractivity contribution in [3.05, 3.63) is 79.3 Å². The number of hydroxylamine groups is 1. The Morgan fingerprint density at radius 3 is 2.60 bits per heavy atom. The predicted octanol–water partition coefficient (Wildman–Crippen LogP) is 4.59. The van der Waals surface area contributed by atoms with Crippen molar-refractivity contribution in [1.82, 2.24) is 10.5 Å². The fourth-order valence-electron chi connectivity index (χ4n) is 4.38. The molecule has 242 valence electrons. The fraction of sp³-hybridized carbons (Fsp3) is 0.387. The zero-order valence-corrected chi connectivity index (χ0v) is 30.0. The minimum Gasteiger partial charge on any atom is -0.656 e. The molecule has 45 heavy (non-hydrogen) atoms. The summed E-state index contributed by atoms with van der Waals surface area (Å²) in [5.41, 5.74) is 11.5. The maximum absolute atomic E-state index is 13.6. The minimum atomic E-state index is -0.482. The summed E-state index contributed by atoms with van der Waals surface area (Å²) in [6.45, 7) is 11.7. The number of carbonyl (C=O) groups is 1. The number of anilines is 1. The Labute approximate surface area is 281 Å². The molecule has 0 aliphatic rings. The molecule has 0 bridgehead atoms. The summed E-state index contributed by atoms with van der Waals surface area (Å²) < 4.78 is 6.43. The van der Waals surface area contributed by atoms with E-state index in [0.717, 1.165) is 5.56 Å². The van der Waals surface area contributed by atoms with Gasteiger partial charge in [-0.25, -0.2) is 4.98 Å². The topological polar surface area (TPSA) is 179 Å². The van der Waals surface area contributed by atoms with Crippen LogP contribution in [-0.4, -0.2) is 60.4 Å². The number of fused-ring (bicyclic) bond motifs is 1. The first kappa shape index (κ1) is 37.6. The van der Waals surface area contributed by atoms with Crippen molar-refractivity contribution in [2.24, 2.45) is 15.7 Å². The van der Waals surface area contributed by atoms with Crippen molar-refractivity contribution in [3.63, 3.8) is 0 Å². The molecule has 0 amide bonds. The Morgan fingerprint density at radius 2 is 2.00 bits per heavy atom. The van der Waals surface area contributed by atoms with Crippen LogP contribution in [-0.2, 0) is 30.7 Å². The van der Waals surface area contributed by atoms with Gasteiger partial charge in [0.05, 0.1) is 35.3 Å². The zero-order valence-electron chi connectivity index (χ0n) is 26.3. The van der Waals surface area contributed by atoms with Crippen molar-refractivity contribution >= 4 is 52.4 Å². The van der Waals surface area contributed by atoms with Crippen LogP contribution in [0.2, 0.25) is 5.15 Å². The van der Waals surface area contributed by atoms with Crippen LogP contribution in [0.5, 0.6) is 0 Å². The third-order valence-corrected chi connectivity index (χ3v) is 6.81. The number of carbonyl (C=O) groups excluding carboxylic acids is 1. The van der Waals surface area contributed by atoms with E-state index in [2.05, 4.69) is 35.9 Å². The largest absolute Gasteiger partial charge is 0.656 e. The Balaban J connectivity index is 0.00000705. The summed E-state index contributed by atoms with van der Waals surface area (Å²) in [5, 5.41) is 18.4. The number of benzene rings is 1. The number of halogens is 1. The van der Waals surface area contributed by atoms with Gasteiger partial charge >= 0.3 is 6.47 Å².